The third kappa shape index (κ3) is 3.97. The smallest absolute Gasteiger partial charge is 0.00952 e. The zero-order valence-electron chi connectivity index (χ0n) is 9.76. The molecule has 2 nitrogen and oxygen atoms in total. The Labute approximate surface area is 88.6 Å². The van der Waals surface area contributed by atoms with Gasteiger partial charge in [0.15, 0.2) is 0 Å². The van der Waals surface area contributed by atoms with E-state index in [0.29, 0.717) is 0 Å². The third-order valence-corrected chi connectivity index (χ3v) is 3.50. The van der Waals surface area contributed by atoms with Crippen LogP contribution in [-0.2, 0) is 0 Å². The van der Waals surface area contributed by atoms with Crippen molar-refractivity contribution in [1.29, 1.82) is 0 Å². The van der Waals surface area contributed by atoms with Crippen LogP contribution in [0, 0.1) is 11.8 Å². The molecule has 0 spiro atoms. The van der Waals surface area contributed by atoms with Crippen molar-refractivity contribution >= 4 is 0 Å². The summed E-state index contributed by atoms with van der Waals surface area (Å²) in [6.45, 7) is 6.74. The molecule has 0 heterocycles. The minimum absolute atomic E-state index is 0.761. The topological polar surface area (TPSA) is 38.0 Å². The summed E-state index contributed by atoms with van der Waals surface area (Å²) in [5.74, 6) is 1.78. The highest BCUT2D eigenvalue weighted by Crippen LogP contribution is 2.28. The van der Waals surface area contributed by atoms with Gasteiger partial charge >= 0.3 is 0 Å². The Hall–Kier alpha value is -0.0800. The number of nitrogens with one attached hydrogen (secondary N) is 1. The Morgan fingerprint density at radius 1 is 1.21 bits per heavy atom. The van der Waals surface area contributed by atoms with E-state index in [9.17, 15) is 0 Å². The monoisotopic (exact) mass is 198 g/mol. The molecular weight excluding hydrogens is 172 g/mol. The van der Waals surface area contributed by atoms with Crippen LogP contribution in [0.1, 0.15) is 46.0 Å². The van der Waals surface area contributed by atoms with E-state index in [1.807, 2.05) is 0 Å². The van der Waals surface area contributed by atoms with Gasteiger partial charge in [-0.3, -0.25) is 0 Å². The molecule has 1 aliphatic rings. The van der Waals surface area contributed by atoms with Crippen LogP contribution in [0.15, 0.2) is 0 Å². The molecule has 1 aliphatic carbocycles. The summed E-state index contributed by atoms with van der Waals surface area (Å²) >= 11 is 0. The van der Waals surface area contributed by atoms with E-state index in [2.05, 4.69) is 19.2 Å². The van der Waals surface area contributed by atoms with Gasteiger partial charge < -0.3 is 11.1 Å². The van der Waals surface area contributed by atoms with Crippen molar-refractivity contribution in [2.75, 3.05) is 13.1 Å². The molecule has 2 heteroatoms. The first-order valence-electron chi connectivity index (χ1n) is 6.17. The van der Waals surface area contributed by atoms with Crippen molar-refractivity contribution in [3.63, 3.8) is 0 Å². The van der Waals surface area contributed by atoms with Crippen LogP contribution in [0.25, 0.3) is 0 Å². The van der Waals surface area contributed by atoms with Gasteiger partial charge in [-0.25, -0.2) is 0 Å². The van der Waals surface area contributed by atoms with E-state index in [-0.39, 0.29) is 0 Å². The summed E-state index contributed by atoms with van der Waals surface area (Å²) in [6.07, 6.45) is 6.57. The summed E-state index contributed by atoms with van der Waals surface area (Å²) in [5, 5.41) is 3.68. The zero-order valence-corrected chi connectivity index (χ0v) is 9.76. The summed E-state index contributed by atoms with van der Waals surface area (Å²) < 4.78 is 0. The lowest BCUT2D eigenvalue weighted by Gasteiger charge is -2.33. The first-order chi connectivity index (χ1) is 6.74. The molecule has 1 saturated carbocycles. The fourth-order valence-corrected chi connectivity index (χ4v) is 2.37. The molecule has 0 aromatic carbocycles. The van der Waals surface area contributed by atoms with Crippen molar-refractivity contribution in [3.8, 4) is 0 Å². The molecule has 14 heavy (non-hydrogen) atoms. The number of hydrogen-bond donors (Lipinski definition) is 2. The SMILES string of the molecule is CC1CCC(C)C(NCCCCN)C1. The Bertz CT molecular complexity index is 147. The lowest BCUT2D eigenvalue weighted by Crippen LogP contribution is -2.40. The summed E-state index contributed by atoms with van der Waals surface area (Å²) in [4.78, 5) is 0. The van der Waals surface area contributed by atoms with Gasteiger partial charge in [0, 0.05) is 6.04 Å². The van der Waals surface area contributed by atoms with E-state index in [1.54, 1.807) is 0 Å². The summed E-state index contributed by atoms with van der Waals surface area (Å²) in [5.41, 5.74) is 5.47. The van der Waals surface area contributed by atoms with E-state index in [1.165, 1.54) is 25.7 Å². The molecule has 3 N–H and O–H groups in total. The summed E-state index contributed by atoms with van der Waals surface area (Å²) in [6, 6.07) is 0.761. The molecule has 1 rings (SSSR count). The predicted octanol–water partition coefficient (Wildman–Crippen LogP) is 2.14. The lowest BCUT2D eigenvalue weighted by molar-refractivity contribution is 0.228. The van der Waals surface area contributed by atoms with Crippen molar-refractivity contribution in [1.82, 2.24) is 5.32 Å². The van der Waals surface area contributed by atoms with Crippen LogP contribution < -0.4 is 11.1 Å². The number of hydrogen-bond acceptors (Lipinski definition) is 2. The Kier molecular flexibility index (Phi) is 5.49. The van der Waals surface area contributed by atoms with E-state index in [0.717, 1.165) is 37.4 Å². The molecular formula is C12H26N2. The molecule has 3 unspecified atom stereocenters. The second-order valence-electron chi connectivity index (χ2n) is 4.95. The van der Waals surface area contributed by atoms with Crippen molar-refractivity contribution in [2.45, 2.75) is 52.0 Å². The largest absolute Gasteiger partial charge is 0.330 e. The number of nitrogens with two attached hydrogens (primary N) is 1. The summed E-state index contributed by atoms with van der Waals surface area (Å²) in [7, 11) is 0. The minimum atomic E-state index is 0.761. The van der Waals surface area contributed by atoms with Crippen LogP contribution >= 0.6 is 0 Å². The van der Waals surface area contributed by atoms with Gasteiger partial charge in [0.2, 0.25) is 0 Å². The van der Waals surface area contributed by atoms with E-state index >= 15 is 0 Å². The average molecular weight is 198 g/mol. The number of unbranched alkanes of at least 4 members (excludes halogenated alkanes) is 1. The highest BCUT2D eigenvalue weighted by Gasteiger charge is 2.24. The lowest BCUT2D eigenvalue weighted by atomic mass is 9.80. The minimum Gasteiger partial charge on any atom is -0.330 e. The third-order valence-electron chi connectivity index (χ3n) is 3.50. The van der Waals surface area contributed by atoms with Crippen LogP contribution in [0.2, 0.25) is 0 Å². The molecule has 0 aromatic rings. The first kappa shape index (κ1) is 12.0. The van der Waals surface area contributed by atoms with Crippen LogP contribution in [-0.4, -0.2) is 19.1 Å². The maximum Gasteiger partial charge on any atom is 0.00952 e. The van der Waals surface area contributed by atoms with Crippen LogP contribution in [0.3, 0.4) is 0 Å². The average Bonchev–Trinajstić information content (AvgIpc) is 2.18. The molecule has 0 amide bonds. The highest BCUT2D eigenvalue weighted by molar-refractivity contribution is 4.81. The molecule has 3 atom stereocenters. The first-order valence-corrected chi connectivity index (χ1v) is 6.17. The molecule has 84 valence electrons. The van der Waals surface area contributed by atoms with Crippen molar-refractivity contribution in [3.05, 3.63) is 0 Å². The van der Waals surface area contributed by atoms with Gasteiger partial charge in [0.1, 0.15) is 0 Å². The molecule has 0 saturated heterocycles. The molecule has 0 bridgehead atoms. The standard InChI is InChI=1S/C12H26N2/c1-10-5-6-11(2)12(9-10)14-8-4-3-7-13/h10-12,14H,3-9,13H2,1-2H3. The van der Waals surface area contributed by atoms with Gasteiger partial charge in [-0.15, -0.1) is 0 Å². The molecule has 1 fully saturated rings. The Balaban J connectivity index is 2.14. The quantitative estimate of drug-likeness (QED) is 0.664. The Morgan fingerprint density at radius 3 is 2.71 bits per heavy atom. The van der Waals surface area contributed by atoms with Crippen LogP contribution in [0.4, 0.5) is 0 Å². The van der Waals surface area contributed by atoms with E-state index in [4.69, 9.17) is 5.73 Å². The molecule has 0 aromatic heterocycles. The second kappa shape index (κ2) is 6.41. The van der Waals surface area contributed by atoms with Crippen LogP contribution in [0.5, 0.6) is 0 Å². The molecule has 0 aliphatic heterocycles. The van der Waals surface area contributed by atoms with Gasteiger partial charge in [-0.2, -0.15) is 0 Å². The van der Waals surface area contributed by atoms with Crippen molar-refractivity contribution < 1.29 is 0 Å². The van der Waals surface area contributed by atoms with Gasteiger partial charge in [0.25, 0.3) is 0 Å². The fraction of sp³-hybridized carbons (Fsp3) is 1.00. The maximum atomic E-state index is 5.47. The van der Waals surface area contributed by atoms with Crippen molar-refractivity contribution in [2.24, 2.45) is 17.6 Å². The zero-order chi connectivity index (χ0) is 10.4. The predicted molar refractivity (Wildman–Crippen MR) is 62.3 cm³/mol. The second-order valence-corrected chi connectivity index (χ2v) is 4.95. The number of rotatable bonds is 5. The van der Waals surface area contributed by atoms with Gasteiger partial charge in [-0.05, 0) is 50.6 Å². The van der Waals surface area contributed by atoms with Gasteiger partial charge in [-0.1, -0.05) is 20.3 Å². The maximum absolute atomic E-state index is 5.47. The van der Waals surface area contributed by atoms with Gasteiger partial charge in [0.05, 0.1) is 0 Å². The fourth-order valence-electron chi connectivity index (χ4n) is 2.37. The normalized spacial score (nSPS) is 33.2. The Morgan fingerprint density at radius 2 is 2.00 bits per heavy atom. The highest BCUT2D eigenvalue weighted by atomic mass is 14.9. The van der Waals surface area contributed by atoms with E-state index < -0.39 is 0 Å². The molecule has 0 radical (unpaired) electrons.